The van der Waals surface area contributed by atoms with E-state index in [-0.39, 0.29) is 0 Å². The number of likely N-dealkylation sites (tertiary alicyclic amines) is 1. The number of nitrogens with one attached hydrogen (secondary N) is 1. The molecule has 1 aromatic rings. The van der Waals surface area contributed by atoms with Gasteiger partial charge in [-0.25, -0.2) is 0 Å². The summed E-state index contributed by atoms with van der Waals surface area (Å²) in [7, 11) is 1.98. The molecule has 1 saturated heterocycles. The summed E-state index contributed by atoms with van der Waals surface area (Å²) in [4.78, 5) is 2.54. The number of hydrogen-bond donors (Lipinski definition) is 1. The Bertz CT molecular complexity index is 324. The fraction of sp³-hybridized carbons (Fsp3) is 0.750. The molecule has 2 rings (SSSR count). The predicted octanol–water partition coefficient (Wildman–Crippen LogP) is 1.70. The predicted molar refractivity (Wildman–Crippen MR) is 66.6 cm³/mol. The quantitative estimate of drug-likeness (QED) is 0.845. The summed E-state index contributed by atoms with van der Waals surface area (Å²) in [6.07, 6.45) is 4.29. The number of nitrogens with zero attached hydrogens (tertiary/aromatic N) is 3. The molecule has 16 heavy (non-hydrogen) atoms. The number of piperidine rings is 1. The minimum absolute atomic E-state index is 0.602. The van der Waals surface area contributed by atoms with Gasteiger partial charge in [-0.1, -0.05) is 0 Å². The SMILES string of the molecule is CC(C)N1CCC(Nc2ccnn2C)CC1. The summed E-state index contributed by atoms with van der Waals surface area (Å²) in [5.74, 6) is 1.13. The van der Waals surface area contributed by atoms with Crippen molar-refractivity contribution < 1.29 is 0 Å². The molecular weight excluding hydrogens is 200 g/mol. The van der Waals surface area contributed by atoms with Gasteiger partial charge in [-0.05, 0) is 26.7 Å². The lowest BCUT2D eigenvalue weighted by Crippen LogP contribution is -2.42. The third-order valence-electron chi connectivity index (χ3n) is 3.43. The number of aryl methyl sites for hydroxylation is 1. The summed E-state index contributed by atoms with van der Waals surface area (Å²) >= 11 is 0. The van der Waals surface area contributed by atoms with Gasteiger partial charge in [-0.3, -0.25) is 4.68 Å². The molecule has 0 radical (unpaired) electrons. The zero-order valence-corrected chi connectivity index (χ0v) is 10.5. The molecule has 0 aromatic carbocycles. The maximum Gasteiger partial charge on any atom is 0.124 e. The van der Waals surface area contributed by atoms with Crippen LogP contribution in [0, 0.1) is 0 Å². The van der Waals surface area contributed by atoms with Gasteiger partial charge in [0.15, 0.2) is 0 Å². The highest BCUT2D eigenvalue weighted by Gasteiger charge is 2.20. The van der Waals surface area contributed by atoms with Gasteiger partial charge in [0, 0.05) is 38.3 Å². The van der Waals surface area contributed by atoms with E-state index in [9.17, 15) is 0 Å². The Morgan fingerprint density at radius 3 is 2.56 bits per heavy atom. The first-order valence-electron chi connectivity index (χ1n) is 6.15. The first kappa shape index (κ1) is 11.5. The van der Waals surface area contributed by atoms with Crippen LogP contribution in [0.15, 0.2) is 12.3 Å². The van der Waals surface area contributed by atoms with E-state index in [1.807, 2.05) is 24.0 Å². The van der Waals surface area contributed by atoms with Gasteiger partial charge < -0.3 is 10.2 Å². The van der Waals surface area contributed by atoms with Crippen molar-refractivity contribution in [3.63, 3.8) is 0 Å². The number of aromatic nitrogens is 2. The van der Waals surface area contributed by atoms with Crippen LogP contribution in [0.3, 0.4) is 0 Å². The molecule has 4 nitrogen and oxygen atoms in total. The highest BCUT2D eigenvalue weighted by atomic mass is 15.3. The molecular formula is C12H22N4. The van der Waals surface area contributed by atoms with Crippen molar-refractivity contribution in [2.45, 2.75) is 38.8 Å². The Kier molecular flexibility index (Phi) is 3.49. The maximum atomic E-state index is 4.17. The average Bonchev–Trinajstić information content (AvgIpc) is 2.65. The smallest absolute Gasteiger partial charge is 0.124 e. The molecule has 4 heteroatoms. The topological polar surface area (TPSA) is 33.1 Å². The molecule has 0 spiro atoms. The van der Waals surface area contributed by atoms with Crippen molar-refractivity contribution in [3.05, 3.63) is 12.3 Å². The standard InChI is InChI=1S/C12H22N4/c1-10(2)16-8-5-11(6-9-16)14-12-4-7-13-15(12)3/h4,7,10-11,14H,5-6,8-9H2,1-3H3. The Labute approximate surface area is 97.6 Å². The van der Waals surface area contributed by atoms with Crippen LogP contribution in [0.1, 0.15) is 26.7 Å². The lowest BCUT2D eigenvalue weighted by Gasteiger charge is -2.35. The zero-order chi connectivity index (χ0) is 11.5. The van der Waals surface area contributed by atoms with E-state index in [1.54, 1.807) is 0 Å². The molecule has 90 valence electrons. The Morgan fingerprint density at radius 1 is 1.38 bits per heavy atom. The normalized spacial score (nSPS) is 19.2. The van der Waals surface area contributed by atoms with E-state index >= 15 is 0 Å². The minimum atomic E-state index is 0.602. The Hall–Kier alpha value is -1.03. The third-order valence-corrected chi connectivity index (χ3v) is 3.43. The number of anilines is 1. The van der Waals surface area contributed by atoms with E-state index in [1.165, 1.54) is 25.9 Å². The van der Waals surface area contributed by atoms with Crippen molar-refractivity contribution in [2.75, 3.05) is 18.4 Å². The summed E-state index contributed by atoms with van der Waals surface area (Å²) < 4.78 is 1.90. The molecule has 1 aliphatic rings. The van der Waals surface area contributed by atoms with Crippen molar-refractivity contribution in [1.29, 1.82) is 0 Å². The lowest BCUT2D eigenvalue weighted by molar-refractivity contribution is 0.177. The van der Waals surface area contributed by atoms with Gasteiger partial charge >= 0.3 is 0 Å². The molecule has 0 amide bonds. The van der Waals surface area contributed by atoms with Crippen LogP contribution in [0.4, 0.5) is 5.82 Å². The number of hydrogen-bond acceptors (Lipinski definition) is 3. The van der Waals surface area contributed by atoms with Crippen LogP contribution in [-0.4, -0.2) is 39.9 Å². The molecule has 0 unspecified atom stereocenters. The maximum absolute atomic E-state index is 4.17. The average molecular weight is 222 g/mol. The molecule has 0 atom stereocenters. The van der Waals surface area contributed by atoms with E-state index in [2.05, 4.69) is 29.2 Å². The summed E-state index contributed by atoms with van der Waals surface area (Å²) in [6, 6.07) is 3.32. The van der Waals surface area contributed by atoms with Crippen LogP contribution in [0.5, 0.6) is 0 Å². The first-order chi connectivity index (χ1) is 7.66. The van der Waals surface area contributed by atoms with E-state index in [0.29, 0.717) is 12.1 Å². The zero-order valence-electron chi connectivity index (χ0n) is 10.5. The van der Waals surface area contributed by atoms with Gasteiger partial charge in [0.2, 0.25) is 0 Å². The largest absolute Gasteiger partial charge is 0.367 e. The summed E-state index contributed by atoms with van der Waals surface area (Å²) in [5, 5.41) is 7.73. The molecule has 1 aromatic heterocycles. The van der Waals surface area contributed by atoms with Gasteiger partial charge in [0.25, 0.3) is 0 Å². The van der Waals surface area contributed by atoms with Gasteiger partial charge in [0.05, 0.1) is 6.20 Å². The summed E-state index contributed by atoms with van der Waals surface area (Å²) in [6.45, 7) is 6.95. The van der Waals surface area contributed by atoms with E-state index in [0.717, 1.165) is 5.82 Å². The van der Waals surface area contributed by atoms with Crippen LogP contribution < -0.4 is 5.32 Å². The van der Waals surface area contributed by atoms with E-state index in [4.69, 9.17) is 0 Å². The Morgan fingerprint density at radius 2 is 2.06 bits per heavy atom. The fourth-order valence-electron chi connectivity index (χ4n) is 2.28. The van der Waals surface area contributed by atoms with Crippen LogP contribution in [0.2, 0.25) is 0 Å². The van der Waals surface area contributed by atoms with Crippen LogP contribution in [0.25, 0.3) is 0 Å². The van der Waals surface area contributed by atoms with Crippen molar-refractivity contribution in [2.24, 2.45) is 7.05 Å². The second-order valence-corrected chi connectivity index (χ2v) is 4.89. The monoisotopic (exact) mass is 222 g/mol. The summed E-state index contributed by atoms with van der Waals surface area (Å²) in [5.41, 5.74) is 0. The molecule has 1 fully saturated rings. The van der Waals surface area contributed by atoms with Gasteiger partial charge in [-0.2, -0.15) is 5.10 Å². The molecule has 1 aliphatic heterocycles. The molecule has 0 aliphatic carbocycles. The molecule has 0 saturated carbocycles. The third kappa shape index (κ3) is 2.55. The minimum Gasteiger partial charge on any atom is -0.367 e. The van der Waals surface area contributed by atoms with Crippen molar-refractivity contribution in [3.8, 4) is 0 Å². The first-order valence-corrected chi connectivity index (χ1v) is 6.15. The number of rotatable bonds is 3. The second kappa shape index (κ2) is 4.87. The molecule has 0 bridgehead atoms. The fourth-order valence-corrected chi connectivity index (χ4v) is 2.28. The second-order valence-electron chi connectivity index (χ2n) is 4.89. The van der Waals surface area contributed by atoms with Gasteiger partial charge in [0.1, 0.15) is 5.82 Å². The molecule has 1 N–H and O–H groups in total. The highest BCUT2D eigenvalue weighted by Crippen LogP contribution is 2.17. The molecule has 2 heterocycles. The lowest BCUT2D eigenvalue weighted by atomic mass is 10.0. The highest BCUT2D eigenvalue weighted by molar-refractivity contribution is 5.34. The van der Waals surface area contributed by atoms with E-state index < -0.39 is 0 Å². The van der Waals surface area contributed by atoms with Crippen molar-refractivity contribution >= 4 is 5.82 Å². The van der Waals surface area contributed by atoms with Crippen molar-refractivity contribution in [1.82, 2.24) is 14.7 Å². The van der Waals surface area contributed by atoms with Crippen LogP contribution >= 0.6 is 0 Å². The van der Waals surface area contributed by atoms with Gasteiger partial charge in [-0.15, -0.1) is 0 Å². The Balaban J connectivity index is 1.84. The van der Waals surface area contributed by atoms with Crippen LogP contribution in [-0.2, 0) is 7.05 Å².